The van der Waals surface area contributed by atoms with E-state index in [1.807, 2.05) is 114 Å². The van der Waals surface area contributed by atoms with E-state index in [1.54, 1.807) is 0 Å². The first kappa shape index (κ1) is 32.5. The number of furan rings is 1. The van der Waals surface area contributed by atoms with E-state index in [9.17, 15) is 5.48 Å². The summed E-state index contributed by atoms with van der Waals surface area (Å²) in [5.74, 6) is 0. The first-order valence-corrected chi connectivity index (χ1v) is 21.8. The summed E-state index contributed by atoms with van der Waals surface area (Å²) in [6, 6.07) is 76.1. The second-order valence-corrected chi connectivity index (χ2v) is 16.8. The van der Waals surface area contributed by atoms with Gasteiger partial charge in [0.15, 0.2) is 0 Å². The molecule has 11 aromatic rings. The third-order valence-electron chi connectivity index (χ3n) is 13.7. The molecular weight excluding hydrogens is 775 g/mol. The second-order valence-electron chi connectivity index (χ2n) is 16.8. The van der Waals surface area contributed by atoms with Crippen molar-refractivity contribution in [3.63, 3.8) is 0 Å². The molecule has 0 bridgehead atoms. The van der Waals surface area contributed by atoms with E-state index in [2.05, 4.69) is 115 Å². The molecule has 0 spiro atoms. The maximum atomic E-state index is 10.3. The fraction of sp³-hybridized carbons (Fsp3) is 0.0323. The molecular formula is C62H41NO. The molecule has 13 rings (SSSR count). The number of rotatable bonds is 7. The Hall–Kier alpha value is -8.20. The third-order valence-corrected chi connectivity index (χ3v) is 13.7. The Kier molecular flexibility index (Phi) is 7.20. The zero-order valence-corrected chi connectivity index (χ0v) is 34.7. The van der Waals surface area contributed by atoms with Crippen LogP contribution in [-0.4, -0.2) is 0 Å². The molecule has 0 radical (unpaired) electrons. The lowest BCUT2D eigenvalue weighted by Gasteiger charge is -2.35. The molecule has 0 saturated heterocycles. The maximum absolute atomic E-state index is 10.3. The van der Waals surface area contributed by atoms with Crippen LogP contribution < -0.4 is 4.90 Å². The Morgan fingerprint density at radius 2 is 0.734 bits per heavy atom. The predicted octanol–water partition coefficient (Wildman–Crippen LogP) is 15.8. The lowest BCUT2D eigenvalue weighted by atomic mass is 9.67. The van der Waals surface area contributed by atoms with Gasteiger partial charge in [-0.3, -0.25) is 0 Å². The smallest absolute Gasteiger partial charge is 0.137 e. The van der Waals surface area contributed by atoms with Crippen molar-refractivity contribution in [2.75, 3.05) is 4.90 Å². The Morgan fingerprint density at radius 3 is 1.30 bits per heavy atom. The van der Waals surface area contributed by atoms with E-state index in [-0.39, 0.29) is 29.9 Å². The van der Waals surface area contributed by atoms with Gasteiger partial charge in [-0.15, -0.1) is 0 Å². The Labute approximate surface area is 378 Å². The molecule has 2 aliphatic rings. The van der Waals surface area contributed by atoms with Gasteiger partial charge < -0.3 is 9.32 Å². The highest BCUT2D eigenvalue weighted by molar-refractivity contribution is 6.06. The largest absolute Gasteiger partial charge is 0.456 e. The average Bonchev–Trinajstić information content (AvgIpc) is 4.02. The van der Waals surface area contributed by atoms with Crippen molar-refractivity contribution in [3.8, 4) is 22.3 Å². The summed E-state index contributed by atoms with van der Waals surface area (Å²) >= 11 is 0. The summed E-state index contributed by atoms with van der Waals surface area (Å²) in [7, 11) is 0. The van der Waals surface area contributed by atoms with Crippen molar-refractivity contribution in [1.82, 2.24) is 0 Å². The highest BCUT2D eigenvalue weighted by atomic mass is 16.3. The van der Waals surface area contributed by atoms with Crippen molar-refractivity contribution < 1.29 is 9.90 Å². The van der Waals surface area contributed by atoms with E-state index >= 15 is 0 Å². The molecule has 2 aliphatic carbocycles. The van der Waals surface area contributed by atoms with Gasteiger partial charge in [-0.1, -0.05) is 200 Å². The van der Waals surface area contributed by atoms with E-state index in [1.165, 1.54) is 0 Å². The molecule has 2 heteroatoms. The molecule has 64 heavy (non-hydrogen) atoms. The van der Waals surface area contributed by atoms with Gasteiger partial charge in [0.25, 0.3) is 0 Å². The van der Waals surface area contributed by atoms with Crippen LogP contribution in [0.5, 0.6) is 0 Å². The molecule has 0 amide bonds. The number of hydrogen-bond acceptors (Lipinski definition) is 2. The van der Waals surface area contributed by atoms with Crippen LogP contribution in [0.4, 0.5) is 17.1 Å². The lowest BCUT2D eigenvalue weighted by molar-refractivity contribution is 0.669. The quantitative estimate of drug-likeness (QED) is 0.159. The van der Waals surface area contributed by atoms with Gasteiger partial charge in [0.1, 0.15) is 11.2 Å². The molecule has 2 nitrogen and oxygen atoms in total. The number of nitrogens with zero attached hydrogens (tertiary/aromatic N) is 1. The number of para-hydroxylation sites is 1. The average molecular weight is 820 g/mol. The molecule has 0 fully saturated rings. The minimum Gasteiger partial charge on any atom is -0.456 e. The normalized spacial score (nSPS) is 14.8. The zero-order chi connectivity index (χ0) is 45.7. The number of hydrogen-bond donors (Lipinski definition) is 0. The molecule has 300 valence electrons. The molecule has 0 atom stereocenters. The van der Waals surface area contributed by atoms with Crippen molar-refractivity contribution in [2.24, 2.45) is 0 Å². The number of benzene rings is 10. The summed E-state index contributed by atoms with van der Waals surface area (Å²) < 4.78 is 47.6. The van der Waals surface area contributed by atoms with Gasteiger partial charge in [-0.25, -0.2) is 0 Å². The highest BCUT2D eigenvalue weighted by Crippen LogP contribution is 2.59. The molecule has 1 heterocycles. The monoisotopic (exact) mass is 819 g/mol. The molecule has 0 aliphatic heterocycles. The summed E-state index contributed by atoms with van der Waals surface area (Å²) in [5, 5.41) is 1.93. The third kappa shape index (κ3) is 5.08. The van der Waals surface area contributed by atoms with Crippen LogP contribution >= 0.6 is 0 Å². The van der Waals surface area contributed by atoms with Crippen LogP contribution in [0.3, 0.4) is 0 Å². The van der Waals surface area contributed by atoms with Crippen LogP contribution in [0.2, 0.25) is 0 Å². The predicted molar refractivity (Wildman–Crippen MR) is 263 cm³/mol. The van der Waals surface area contributed by atoms with Crippen LogP contribution in [0.15, 0.2) is 253 Å². The number of fused-ring (bicyclic) bond motifs is 9. The van der Waals surface area contributed by atoms with Crippen LogP contribution in [-0.2, 0) is 10.8 Å². The summed E-state index contributed by atoms with van der Waals surface area (Å²) in [5.41, 5.74) is 12.7. The Morgan fingerprint density at radius 1 is 0.312 bits per heavy atom. The molecule has 1 aromatic heterocycles. The summed E-state index contributed by atoms with van der Waals surface area (Å²) in [6.45, 7) is 0. The Balaban J connectivity index is 1.11. The van der Waals surface area contributed by atoms with Crippen molar-refractivity contribution in [3.05, 3.63) is 293 Å². The topological polar surface area (TPSA) is 16.4 Å². The van der Waals surface area contributed by atoms with Crippen LogP contribution in [0, 0.1) is 0 Å². The highest BCUT2D eigenvalue weighted by Gasteiger charge is 2.47. The van der Waals surface area contributed by atoms with E-state index in [0.29, 0.717) is 22.5 Å². The summed E-state index contributed by atoms with van der Waals surface area (Å²) in [4.78, 5) is 1.91. The van der Waals surface area contributed by atoms with E-state index in [0.717, 1.165) is 77.6 Å². The molecule has 10 aromatic carbocycles. The first-order valence-electron chi connectivity index (χ1n) is 23.8. The minimum absolute atomic E-state index is 0.109. The van der Waals surface area contributed by atoms with Crippen molar-refractivity contribution >= 4 is 39.0 Å². The second kappa shape index (κ2) is 14.2. The zero-order valence-electron chi connectivity index (χ0n) is 38.7. The maximum Gasteiger partial charge on any atom is 0.137 e. The van der Waals surface area contributed by atoms with Crippen molar-refractivity contribution in [1.29, 1.82) is 0 Å². The lowest BCUT2D eigenvalue weighted by Crippen LogP contribution is -2.29. The van der Waals surface area contributed by atoms with Crippen molar-refractivity contribution in [2.45, 2.75) is 10.8 Å². The minimum atomic E-state index is -1.14. The molecule has 0 N–H and O–H groups in total. The van der Waals surface area contributed by atoms with Gasteiger partial charge in [0, 0.05) is 33.9 Å². The van der Waals surface area contributed by atoms with E-state index in [4.69, 9.17) is 4.42 Å². The van der Waals surface area contributed by atoms with Gasteiger partial charge in [-0.05, 0) is 109 Å². The molecule has 0 unspecified atom stereocenters. The number of anilines is 3. The Bertz CT molecular complexity index is 3690. The van der Waals surface area contributed by atoms with Crippen LogP contribution in [0.25, 0.3) is 44.2 Å². The fourth-order valence-corrected chi connectivity index (χ4v) is 11.1. The van der Waals surface area contributed by atoms with Crippen LogP contribution in [0.1, 0.15) is 50.0 Å². The van der Waals surface area contributed by atoms with Gasteiger partial charge in [-0.2, -0.15) is 0 Å². The fourth-order valence-electron chi connectivity index (χ4n) is 11.1. The SMILES string of the molecule is [2H]c1c([2H])c(C2(c3ccccc3)c3ccccc3-c3ccccc32)c([2H])c([2H])c1N(c1ccc2c(c1)C(c1ccccc1)(c1ccccc1)c1ccccc1-2)c1ccc2c(c1)oc1ccccc12. The summed E-state index contributed by atoms with van der Waals surface area (Å²) in [6.07, 6.45) is 0. The van der Waals surface area contributed by atoms with Gasteiger partial charge >= 0.3 is 0 Å². The standard InChI is InChI=1S/C62H41NO/c1-4-18-42(19-5-1)61(55-28-14-10-24-49(55)50-25-11-15-29-56(50)61)45-32-34-46(35-33-45)63(48-37-39-54-53-27-13-17-31-59(53)64-60(54)41-48)47-36-38-52-51-26-12-16-30-57(51)62(58(52)40-47,43-20-6-2-7-21-43)44-22-8-3-9-23-44/h1-41H/i32D,33D,34D,35D. The molecule has 0 saturated carbocycles. The van der Waals surface area contributed by atoms with Gasteiger partial charge in [0.05, 0.1) is 16.3 Å². The first-order chi connectivity index (χ1) is 33.4. The van der Waals surface area contributed by atoms with E-state index < -0.39 is 10.8 Å². The van der Waals surface area contributed by atoms with Gasteiger partial charge in [0.2, 0.25) is 0 Å².